The third-order valence-electron chi connectivity index (χ3n) is 4.51. The van der Waals surface area contributed by atoms with Gasteiger partial charge in [0.15, 0.2) is 22.5 Å². The van der Waals surface area contributed by atoms with Crippen molar-refractivity contribution < 1.29 is 19.0 Å². The predicted octanol–water partition coefficient (Wildman–Crippen LogP) is 3.65. The van der Waals surface area contributed by atoms with Gasteiger partial charge in [-0.05, 0) is 25.1 Å². The standard InChI is InChI=1S/C22H26N4O4S/c1-15-6-5-7-16(12-15)21-24-25-22(26(21)10-11-28-2)31-14-20(27)23-17-8-9-18(29-3)19(13-17)30-4/h5-9,12-13H,10-11,14H2,1-4H3,(H,23,27). The summed E-state index contributed by atoms with van der Waals surface area (Å²) < 4.78 is 17.7. The van der Waals surface area contributed by atoms with Crippen molar-refractivity contribution in [2.24, 2.45) is 0 Å². The maximum Gasteiger partial charge on any atom is 0.234 e. The molecular weight excluding hydrogens is 416 g/mol. The number of aromatic nitrogens is 3. The molecule has 1 amide bonds. The number of methoxy groups -OCH3 is 3. The van der Waals surface area contributed by atoms with Gasteiger partial charge in [-0.2, -0.15) is 0 Å². The number of amides is 1. The van der Waals surface area contributed by atoms with E-state index in [9.17, 15) is 4.79 Å². The van der Waals surface area contributed by atoms with E-state index in [1.807, 2.05) is 29.7 Å². The first-order valence-corrected chi connectivity index (χ1v) is 10.7. The summed E-state index contributed by atoms with van der Waals surface area (Å²) in [5, 5.41) is 12.2. The molecule has 0 fully saturated rings. The van der Waals surface area contributed by atoms with E-state index in [0.717, 1.165) is 17.0 Å². The van der Waals surface area contributed by atoms with E-state index >= 15 is 0 Å². The fourth-order valence-electron chi connectivity index (χ4n) is 3.02. The van der Waals surface area contributed by atoms with Crippen molar-refractivity contribution >= 4 is 23.4 Å². The van der Waals surface area contributed by atoms with Gasteiger partial charge in [-0.3, -0.25) is 9.36 Å². The molecule has 0 saturated heterocycles. The summed E-state index contributed by atoms with van der Waals surface area (Å²) in [5.41, 5.74) is 2.75. The van der Waals surface area contributed by atoms with E-state index in [4.69, 9.17) is 14.2 Å². The topological polar surface area (TPSA) is 87.5 Å². The number of nitrogens with one attached hydrogen (secondary N) is 1. The van der Waals surface area contributed by atoms with Gasteiger partial charge in [0.25, 0.3) is 0 Å². The van der Waals surface area contributed by atoms with Crippen LogP contribution in [0, 0.1) is 6.92 Å². The number of ether oxygens (including phenoxy) is 3. The van der Waals surface area contributed by atoms with Crippen LogP contribution >= 0.6 is 11.8 Å². The fraction of sp³-hybridized carbons (Fsp3) is 0.318. The summed E-state index contributed by atoms with van der Waals surface area (Å²) in [6.45, 7) is 3.14. The Morgan fingerprint density at radius 1 is 1.06 bits per heavy atom. The number of nitrogens with zero attached hydrogens (tertiary/aromatic N) is 3. The second-order valence-electron chi connectivity index (χ2n) is 6.73. The lowest BCUT2D eigenvalue weighted by Gasteiger charge is -2.11. The number of aryl methyl sites for hydroxylation is 1. The Morgan fingerprint density at radius 3 is 2.58 bits per heavy atom. The van der Waals surface area contributed by atoms with Crippen LogP contribution in [0.1, 0.15) is 5.56 Å². The molecule has 0 unspecified atom stereocenters. The summed E-state index contributed by atoms with van der Waals surface area (Å²) >= 11 is 1.33. The first kappa shape index (κ1) is 22.6. The Kier molecular flexibility index (Phi) is 7.91. The molecule has 0 aliphatic heterocycles. The van der Waals surface area contributed by atoms with Gasteiger partial charge in [-0.15, -0.1) is 10.2 Å². The van der Waals surface area contributed by atoms with Gasteiger partial charge < -0.3 is 19.5 Å². The highest BCUT2D eigenvalue weighted by Gasteiger charge is 2.16. The maximum atomic E-state index is 12.5. The molecule has 31 heavy (non-hydrogen) atoms. The zero-order chi connectivity index (χ0) is 22.2. The Labute approximate surface area is 185 Å². The molecular formula is C22H26N4O4S. The average molecular weight is 443 g/mol. The molecule has 0 bridgehead atoms. The minimum Gasteiger partial charge on any atom is -0.493 e. The number of benzene rings is 2. The Morgan fingerprint density at radius 2 is 1.87 bits per heavy atom. The van der Waals surface area contributed by atoms with Gasteiger partial charge >= 0.3 is 0 Å². The molecule has 0 aliphatic rings. The third kappa shape index (κ3) is 5.77. The number of anilines is 1. The maximum absolute atomic E-state index is 12.5. The molecule has 3 aromatic rings. The molecule has 1 N–H and O–H groups in total. The molecule has 1 aromatic heterocycles. The molecule has 0 aliphatic carbocycles. The Balaban J connectivity index is 1.71. The lowest BCUT2D eigenvalue weighted by molar-refractivity contribution is -0.113. The van der Waals surface area contributed by atoms with Crippen LogP contribution in [0.5, 0.6) is 11.5 Å². The monoisotopic (exact) mass is 442 g/mol. The van der Waals surface area contributed by atoms with Crippen LogP contribution in [0.25, 0.3) is 11.4 Å². The van der Waals surface area contributed by atoms with Gasteiger partial charge in [0, 0.05) is 24.4 Å². The second kappa shape index (κ2) is 10.8. The van der Waals surface area contributed by atoms with Crippen LogP contribution in [-0.2, 0) is 16.1 Å². The fourth-order valence-corrected chi connectivity index (χ4v) is 3.78. The van der Waals surface area contributed by atoms with Crippen LogP contribution in [0.4, 0.5) is 5.69 Å². The first-order valence-electron chi connectivity index (χ1n) is 9.69. The highest BCUT2D eigenvalue weighted by atomic mass is 32.2. The number of carbonyl (C=O) groups excluding carboxylic acids is 1. The van der Waals surface area contributed by atoms with E-state index in [0.29, 0.717) is 35.5 Å². The van der Waals surface area contributed by atoms with E-state index in [2.05, 4.69) is 21.6 Å². The molecule has 1 heterocycles. The van der Waals surface area contributed by atoms with Gasteiger partial charge in [0.2, 0.25) is 5.91 Å². The lowest BCUT2D eigenvalue weighted by Crippen LogP contribution is -2.15. The predicted molar refractivity (Wildman–Crippen MR) is 121 cm³/mol. The highest BCUT2D eigenvalue weighted by molar-refractivity contribution is 7.99. The number of hydrogen-bond donors (Lipinski definition) is 1. The van der Waals surface area contributed by atoms with Crippen molar-refractivity contribution in [2.45, 2.75) is 18.6 Å². The molecule has 2 aromatic carbocycles. The van der Waals surface area contributed by atoms with Crippen molar-refractivity contribution in [3.05, 3.63) is 48.0 Å². The van der Waals surface area contributed by atoms with Crippen LogP contribution < -0.4 is 14.8 Å². The number of hydrogen-bond acceptors (Lipinski definition) is 7. The molecule has 0 atom stereocenters. The summed E-state index contributed by atoms with van der Waals surface area (Å²) in [4.78, 5) is 12.5. The number of carbonyl (C=O) groups is 1. The van der Waals surface area contributed by atoms with E-state index in [-0.39, 0.29) is 11.7 Å². The summed E-state index contributed by atoms with van der Waals surface area (Å²) in [6, 6.07) is 13.3. The van der Waals surface area contributed by atoms with Crippen molar-refractivity contribution in [3.63, 3.8) is 0 Å². The van der Waals surface area contributed by atoms with E-state index in [1.165, 1.54) is 11.8 Å². The quantitative estimate of drug-likeness (QED) is 0.480. The minimum absolute atomic E-state index is 0.157. The molecule has 164 valence electrons. The minimum atomic E-state index is -0.157. The van der Waals surface area contributed by atoms with Crippen molar-refractivity contribution in [1.82, 2.24) is 14.8 Å². The lowest BCUT2D eigenvalue weighted by atomic mass is 10.1. The Bertz CT molecular complexity index is 1040. The summed E-state index contributed by atoms with van der Waals surface area (Å²) in [7, 11) is 4.77. The van der Waals surface area contributed by atoms with Gasteiger partial charge in [0.1, 0.15) is 0 Å². The Hall–Kier alpha value is -3.04. The van der Waals surface area contributed by atoms with Crippen molar-refractivity contribution in [2.75, 3.05) is 39.0 Å². The van der Waals surface area contributed by atoms with Gasteiger partial charge in [-0.1, -0.05) is 35.5 Å². The van der Waals surface area contributed by atoms with Crippen LogP contribution in [0.15, 0.2) is 47.6 Å². The molecule has 3 rings (SSSR count). The third-order valence-corrected chi connectivity index (χ3v) is 5.48. The molecule has 0 saturated carbocycles. The van der Waals surface area contributed by atoms with Crippen LogP contribution in [0.3, 0.4) is 0 Å². The first-order chi connectivity index (χ1) is 15.0. The normalized spacial score (nSPS) is 10.7. The van der Waals surface area contributed by atoms with Gasteiger partial charge in [0.05, 0.1) is 33.1 Å². The zero-order valence-corrected chi connectivity index (χ0v) is 18.9. The molecule has 0 spiro atoms. The van der Waals surface area contributed by atoms with Gasteiger partial charge in [-0.25, -0.2) is 0 Å². The molecule has 8 nitrogen and oxygen atoms in total. The SMILES string of the molecule is COCCn1c(SCC(=O)Nc2ccc(OC)c(OC)c2)nnc1-c1cccc(C)c1. The molecule has 9 heteroatoms. The molecule has 0 radical (unpaired) electrons. The average Bonchev–Trinajstić information content (AvgIpc) is 3.18. The van der Waals surface area contributed by atoms with Crippen LogP contribution in [0.2, 0.25) is 0 Å². The number of thioether (sulfide) groups is 1. The largest absolute Gasteiger partial charge is 0.493 e. The number of rotatable bonds is 10. The summed E-state index contributed by atoms with van der Waals surface area (Å²) in [5.74, 6) is 1.94. The highest BCUT2D eigenvalue weighted by Crippen LogP contribution is 2.30. The van der Waals surface area contributed by atoms with E-state index < -0.39 is 0 Å². The van der Waals surface area contributed by atoms with Crippen LogP contribution in [-0.4, -0.2) is 54.4 Å². The zero-order valence-electron chi connectivity index (χ0n) is 18.0. The summed E-state index contributed by atoms with van der Waals surface area (Å²) in [6.07, 6.45) is 0. The van der Waals surface area contributed by atoms with Crippen molar-refractivity contribution in [1.29, 1.82) is 0 Å². The second-order valence-corrected chi connectivity index (χ2v) is 7.67. The van der Waals surface area contributed by atoms with Crippen molar-refractivity contribution in [3.8, 4) is 22.9 Å². The van der Waals surface area contributed by atoms with E-state index in [1.54, 1.807) is 39.5 Å². The smallest absolute Gasteiger partial charge is 0.234 e.